The molecule has 0 aliphatic rings. The fourth-order valence-corrected chi connectivity index (χ4v) is 2.48. The maximum Gasteiger partial charge on any atom is 0.128 e. The summed E-state index contributed by atoms with van der Waals surface area (Å²) in [5.74, 6) is 0.255. The summed E-state index contributed by atoms with van der Waals surface area (Å²) in [6.07, 6.45) is 0.974. The van der Waals surface area contributed by atoms with Gasteiger partial charge in [-0.1, -0.05) is 63.2 Å². The molecule has 0 radical (unpaired) electrons. The van der Waals surface area contributed by atoms with Crippen molar-refractivity contribution >= 4 is 6.21 Å². The third kappa shape index (κ3) is 4.20. The monoisotopic (exact) mass is 311 g/mol. The molecule has 0 saturated heterocycles. The van der Waals surface area contributed by atoms with Crippen molar-refractivity contribution in [2.45, 2.75) is 45.3 Å². The molecule has 2 atom stereocenters. The van der Waals surface area contributed by atoms with Gasteiger partial charge in [-0.15, -0.1) is 0 Å². The number of rotatable bonds is 4. The molecule has 0 heterocycles. The second kappa shape index (κ2) is 6.97. The zero-order valence-corrected chi connectivity index (χ0v) is 14.2. The number of phenolic OH excluding ortho intramolecular Hbond substituents is 1. The number of nitrogens with zero attached hydrogens (tertiary/aromatic N) is 1. The van der Waals surface area contributed by atoms with Gasteiger partial charge >= 0.3 is 0 Å². The van der Waals surface area contributed by atoms with Crippen LogP contribution in [0, 0.1) is 0 Å². The average molecular weight is 311 g/mol. The van der Waals surface area contributed by atoms with Crippen molar-refractivity contribution in [3.8, 4) is 5.75 Å². The zero-order chi connectivity index (χ0) is 17.0. The summed E-state index contributed by atoms with van der Waals surface area (Å²) in [5.41, 5.74) is 2.26. The molecule has 2 rings (SSSR count). The summed E-state index contributed by atoms with van der Waals surface area (Å²) in [6, 6.07) is 14.9. The van der Waals surface area contributed by atoms with E-state index < -0.39 is 6.10 Å². The molecule has 3 heteroatoms. The van der Waals surface area contributed by atoms with Crippen molar-refractivity contribution in [3.05, 3.63) is 65.2 Å². The lowest BCUT2D eigenvalue weighted by molar-refractivity contribution is 0.154. The number of aromatic hydroxyl groups is 1. The summed E-state index contributed by atoms with van der Waals surface area (Å²) < 4.78 is 0. The molecule has 0 aliphatic carbocycles. The minimum atomic E-state index is -0.666. The lowest BCUT2D eigenvalue weighted by atomic mass is 9.85. The number of hydrogen-bond donors (Lipinski definition) is 2. The van der Waals surface area contributed by atoms with Gasteiger partial charge in [0.2, 0.25) is 0 Å². The summed E-state index contributed by atoms with van der Waals surface area (Å²) >= 11 is 0. The third-order valence-corrected chi connectivity index (χ3v) is 3.92. The van der Waals surface area contributed by atoms with E-state index in [1.807, 2.05) is 55.5 Å². The molecule has 0 bridgehead atoms. The van der Waals surface area contributed by atoms with Crippen molar-refractivity contribution < 1.29 is 10.2 Å². The van der Waals surface area contributed by atoms with Crippen LogP contribution in [0.1, 0.15) is 50.5 Å². The van der Waals surface area contributed by atoms with Crippen molar-refractivity contribution in [1.29, 1.82) is 0 Å². The molecular weight excluding hydrogens is 286 g/mol. The predicted molar refractivity (Wildman–Crippen MR) is 95.3 cm³/mol. The Hall–Kier alpha value is -2.13. The van der Waals surface area contributed by atoms with Gasteiger partial charge in [0.05, 0.1) is 6.04 Å². The van der Waals surface area contributed by atoms with Crippen molar-refractivity contribution in [2.24, 2.45) is 4.99 Å². The van der Waals surface area contributed by atoms with E-state index in [9.17, 15) is 10.2 Å². The van der Waals surface area contributed by atoms with E-state index >= 15 is 0 Å². The summed E-state index contributed by atoms with van der Waals surface area (Å²) in [6.45, 7) is 8.04. The van der Waals surface area contributed by atoms with Gasteiger partial charge in [-0.25, -0.2) is 0 Å². The number of aliphatic imine (C=N–C) groups is 1. The number of aliphatic hydroxyl groups is 1. The normalized spacial score (nSPS) is 14.8. The maximum atomic E-state index is 10.4. The number of aliphatic hydroxyl groups excluding tert-OH is 1. The molecule has 2 aromatic rings. The number of hydrogen-bond acceptors (Lipinski definition) is 3. The van der Waals surface area contributed by atoms with E-state index in [1.54, 1.807) is 6.21 Å². The van der Waals surface area contributed by atoms with Gasteiger partial charge in [0, 0.05) is 11.8 Å². The third-order valence-electron chi connectivity index (χ3n) is 3.92. The Morgan fingerprint density at radius 2 is 1.65 bits per heavy atom. The van der Waals surface area contributed by atoms with Crippen LogP contribution in [-0.4, -0.2) is 22.5 Å². The molecule has 0 unspecified atom stereocenters. The smallest absolute Gasteiger partial charge is 0.128 e. The number of phenols is 1. The summed E-state index contributed by atoms with van der Waals surface area (Å²) in [7, 11) is 0. The summed E-state index contributed by atoms with van der Waals surface area (Å²) in [4.78, 5) is 4.42. The largest absolute Gasteiger partial charge is 0.507 e. The van der Waals surface area contributed by atoms with Gasteiger partial charge < -0.3 is 10.2 Å². The van der Waals surface area contributed by atoms with Crippen LogP contribution in [0.5, 0.6) is 5.75 Å². The highest BCUT2D eigenvalue weighted by molar-refractivity contribution is 5.84. The highest BCUT2D eigenvalue weighted by atomic mass is 16.3. The first-order valence-corrected chi connectivity index (χ1v) is 7.89. The second-order valence-corrected chi connectivity index (χ2v) is 6.87. The van der Waals surface area contributed by atoms with E-state index in [1.165, 1.54) is 0 Å². The highest BCUT2D eigenvalue weighted by Crippen LogP contribution is 2.32. The second-order valence-electron chi connectivity index (χ2n) is 6.87. The Morgan fingerprint density at radius 3 is 2.26 bits per heavy atom. The topological polar surface area (TPSA) is 52.8 Å². The summed E-state index contributed by atoms with van der Waals surface area (Å²) in [5, 5.41) is 20.8. The van der Waals surface area contributed by atoms with E-state index in [0.717, 1.165) is 11.1 Å². The van der Waals surface area contributed by atoms with Gasteiger partial charge in [0.1, 0.15) is 11.9 Å². The Balaban J connectivity index is 2.20. The van der Waals surface area contributed by atoms with Crippen molar-refractivity contribution in [1.82, 2.24) is 0 Å². The van der Waals surface area contributed by atoms with Crippen LogP contribution in [0.4, 0.5) is 0 Å². The lowest BCUT2D eigenvalue weighted by Gasteiger charge is -2.21. The van der Waals surface area contributed by atoms with E-state index in [0.29, 0.717) is 5.56 Å². The first kappa shape index (κ1) is 17.2. The molecular formula is C20H25NO2. The van der Waals surface area contributed by atoms with Gasteiger partial charge in [-0.3, -0.25) is 4.99 Å². The number of para-hydroxylation sites is 1. The molecule has 0 fully saturated rings. The van der Waals surface area contributed by atoms with Crippen LogP contribution in [0.3, 0.4) is 0 Å². The van der Waals surface area contributed by atoms with Crippen LogP contribution in [0.15, 0.2) is 53.5 Å². The maximum absolute atomic E-state index is 10.4. The van der Waals surface area contributed by atoms with Gasteiger partial charge in [0.15, 0.2) is 0 Å². The Labute approximate surface area is 138 Å². The van der Waals surface area contributed by atoms with Crippen LogP contribution in [0.2, 0.25) is 0 Å². The van der Waals surface area contributed by atoms with Crippen LogP contribution >= 0.6 is 0 Å². The molecule has 0 saturated carbocycles. The fraction of sp³-hybridized carbons (Fsp3) is 0.350. The van der Waals surface area contributed by atoms with Gasteiger partial charge in [-0.2, -0.15) is 0 Å². The minimum Gasteiger partial charge on any atom is -0.507 e. The molecule has 2 aromatic carbocycles. The molecule has 0 aromatic heterocycles. The van der Waals surface area contributed by atoms with E-state index in [2.05, 4.69) is 25.8 Å². The van der Waals surface area contributed by atoms with Crippen molar-refractivity contribution in [2.75, 3.05) is 0 Å². The van der Waals surface area contributed by atoms with E-state index in [-0.39, 0.29) is 17.2 Å². The predicted octanol–water partition coefficient (Wildman–Crippen LogP) is 4.23. The molecule has 23 heavy (non-hydrogen) atoms. The standard InChI is InChI=1S/C20H25NO2/c1-14(18(22)15-9-6-5-7-10-15)21-13-16-11-8-12-17(19(16)23)20(2,3)4/h5-14,18,22-23H,1-4H3/t14-,18-/m1/s1. The van der Waals surface area contributed by atoms with E-state index in [4.69, 9.17) is 0 Å². The molecule has 2 N–H and O–H groups in total. The highest BCUT2D eigenvalue weighted by Gasteiger charge is 2.19. The fourth-order valence-electron chi connectivity index (χ4n) is 2.48. The lowest BCUT2D eigenvalue weighted by Crippen LogP contribution is -2.13. The van der Waals surface area contributed by atoms with Crippen molar-refractivity contribution in [3.63, 3.8) is 0 Å². The van der Waals surface area contributed by atoms with Crippen LogP contribution in [-0.2, 0) is 5.41 Å². The average Bonchev–Trinajstić information content (AvgIpc) is 2.52. The molecule has 3 nitrogen and oxygen atoms in total. The Kier molecular flexibility index (Phi) is 5.22. The molecule has 0 amide bonds. The Bertz CT molecular complexity index is 672. The minimum absolute atomic E-state index is 0.136. The zero-order valence-electron chi connectivity index (χ0n) is 14.2. The Morgan fingerprint density at radius 1 is 1.00 bits per heavy atom. The first-order chi connectivity index (χ1) is 10.8. The van der Waals surface area contributed by atoms with Gasteiger partial charge in [-0.05, 0) is 29.5 Å². The SMILES string of the molecule is C[C@@H](N=Cc1cccc(C(C)(C)C)c1O)[C@@H](O)c1ccccc1. The van der Waals surface area contributed by atoms with Crippen LogP contribution in [0.25, 0.3) is 0 Å². The van der Waals surface area contributed by atoms with Gasteiger partial charge in [0.25, 0.3) is 0 Å². The first-order valence-electron chi connectivity index (χ1n) is 7.89. The number of benzene rings is 2. The molecule has 0 spiro atoms. The quantitative estimate of drug-likeness (QED) is 0.830. The van der Waals surface area contributed by atoms with Crippen LogP contribution < -0.4 is 0 Å². The molecule has 0 aliphatic heterocycles. The molecule has 122 valence electrons.